The molecule has 3 aromatic rings. The summed E-state index contributed by atoms with van der Waals surface area (Å²) in [6.45, 7) is 3.38. The molecule has 0 saturated carbocycles. The highest BCUT2D eigenvalue weighted by atomic mass is 16.2. The molecule has 0 unspecified atom stereocenters. The molecule has 1 aromatic carbocycles. The van der Waals surface area contributed by atoms with Crippen LogP contribution in [0.4, 0.5) is 0 Å². The molecule has 2 aromatic heterocycles. The summed E-state index contributed by atoms with van der Waals surface area (Å²) in [6.07, 6.45) is 5.58. The van der Waals surface area contributed by atoms with Crippen LogP contribution in [0, 0.1) is 6.92 Å². The molecule has 0 aliphatic carbocycles. The molecule has 5 nitrogen and oxygen atoms in total. The van der Waals surface area contributed by atoms with Crippen LogP contribution in [0.5, 0.6) is 0 Å². The summed E-state index contributed by atoms with van der Waals surface area (Å²) in [7, 11) is 0. The van der Waals surface area contributed by atoms with Crippen molar-refractivity contribution in [1.82, 2.24) is 19.9 Å². The van der Waals surface area contributed by atoms with Crippen molar-refractivity contribution in [3.05, 3.63) is 65.9 Å². The van der Waals surface area contributed by atoms with Gasteiger partial charge in [-0.2, -0.15) is 0 Å². The number of rotatable bonds is 2. The van der Waals surface area contributed by atoms with Crippen LogP contribution in [0.25, 0.3) is 10.9 Å². The summed E-state index contributed by atoms with van der Waals surface area (Å²) < 4.78 is 0. The monoisotopic (exact) mass is 332 g/mol. The van der Waals surface area contributed by atoms with Gasteiger partial charge in [0.1, 0.15) is 5.69 Å². The number of carbonyl (C=O) groups is 1. The number of aryl methyl sites for hydroxylation is 1. The van der Waals surface area contributed by atoms with Gasteiger partial charge in [-0.1, -0.05) is 24.3 Å². The van der Waals surface area contributed by atoms with Crippen molar-refractivity contribution in [2.45, 2.75) is 25.7 Å². The summed E-state index contributed by atoms with van der Waals surface area (Å²) in [6, 6.07) is 11.6. The highest BCUT2D eigenvalue weighted by Gasteiger charge is 2.27. The van der Waals surface area contributed by atoms with E-state index in [0.717, 1.165) is 41.7 Å². The zero-order valence-corrected chi connectivity index (χ0v) is 14.2. The van der Waals surface area contributed by atoms with Crippen LogP contribution in [-0.4, -0.2) is 38.8 Å². The molecule has 4 rings (SSSR count). The third-order valence-corrected chi connectivity index (χ3v) is 4.72. The number of pyridine rings is 1. The molecule has 5 heteroatoms. The quantitative estimate of drug-likeness (QED) is 0.722. The van der Waals surface area contributed by atoms with E-state index in [4.69, 9.17) is 0 Å². The standard InChI is InChI=1S/C20H20N4O/c1-14-11-21-12-19(22-14)16-6-4-10-24(13-16)20(25)18-9-8-15-5-2-3-7-17(15)23-18/h2-3,5,7-9,11-12,16H,4,6,10,13H2,1H3/t16-/m0/s1. The average molecular weight is 332 g/mol. The Kier molecular flexibility index (Phi) is 4.14. The number of aromatic nitrogens is 3. The van der Waals surface area contributed by atoms with Crippen LogP contribution in [0.3, 0.4) is 0 Å². The minimum atomic E-state index is -0.00364. The van der Waals surface area contributed by atoms with Gasteiger partial charge >= 0.3 is 0 Å². The molecule has 25 heavy (non-hydrogen) atoms. The Morgan fingerprint density at radius 2 is 2.00 bits per heavy atom. The maximum absolute atomic E-state index is 12.9. The minimum absolute atomic E-state index is 0.00364. The van der Waals surface area contributed by atoms with Gasteiger partial charge < -0.3 is 4.90 Å². The van der Waals surface area contributed by atoms with Crippen LogP contribution >= 0.6 is 0 Å². The van der Waals surface area contributed by atoms with Gasteiger partial charge in [0.15, 0.2) is 0 Å². The van der Waals surface area contributed by atoms with Gasteiger partial charge in [-0.25, -0.2) is 4.98 Å². The molecular weight excluding hydrogens is 312 g/mol. The molecule has 0 bridgehead atoms. The maximum atomic E-state index is 12.9. The molecule has 0 spiro atoms. The minimum Gasteiger partial charge on any atom is -0.337 e. The Morgan fingerprint density at radius 3 is 2.88 bits per heavy atom. The second kappa shape index (κ2) is 6.59. The van der Waals surface area contributed by atoms with Crippen molar-refractivity contribution in [2.75, 3.05) is 13.1 Å². The van der Waals surface area contributed by atoms with Crippen molar-refractivity contribution < 1.29 is 4.79 Å². The lowest BCUT2D eigenvalue weighted by Crippen LogP contribution is -2.39. The fourth-order valence-electron chi connectivity index (χ4n) is 3.43. The molecule has 1 amide bonds. The number of fused-ring (bicyclic) bond motifs is 1. The van der Waals surface area contributed by atoms with Crippen molar-refractivity contribution >= 4 is 16.8 Å². The SMILES string of the molecule is Cc1cncc([C@H]2CCCN(C(=O)c3ccc4ccccc4n3)C2)n1. The highest BCUT2D eigenvalue weighted by Crippen LogP contribution is 2.26. The average Bonchev–Trinajstić information content (AvgIpc) is 2.67. The Morgan fingerprint density at radius 1 is 1.12 bits per heavy atom. The maximum Gasteiger partial charge on any atom is 0.272 e. The lowest BCUT2D eigenvalue weighted by molar-refractivity contribution is 0.0700. The second-order valence-electron chi connectivity index (χ2n) is 6.56. The van der Waals surface area contributed by atoms with Gasteiger partial charge in [0.05, 0.1) is 16.9 Å². The van der Waals surface area contributed by atoms with Crippen molar-refractivity contribution in [3.63, 3.8) is 0 Å². The van der Waals surface area contributed by atoms with Gasteiger partial charge in [-0.05, 0) is 31.9 Å². The first kappa shape index (κ1) is 15.7. The number of piperidine rings is 1. The molecule has 126 valence electrons. The summed E-state index contributed by atoms with van der Waals surface area (Å²) in [4.78, 5) is 28.2. The summed E-state index contributed by atoms with van der Waals surface area (Å²) in [5.74, 6) is 0.238. The Labute approximate surface area is 146 Å². The third kappa shape index (κ3) is 3.22. The number of likely N-dealkylation sites (tertiary alicyclic amines) is 1. The first-order chi connectivity index (χ1) is 12.2. The lowest BCUT2D eigenvalue weighted by atomic mass is 9.94. The van der Waals surface area contributed by atoms with Crippen molar-refractivity contribution in [3.8, 4) is 0 Å². The predicted octanol–water partition coefficient (Wildman–Crippen LogP) is 3.35. The summed E-state index contributed by atoms with van der Waals surface area (Å²) in [5, 5.41) is 1.05. The predicted molar refractivity (Wildman–Crippen MR) is 96.4 cm³/mol. The molecule has 1 atom stereocenters. The molecule has 0 radical (unpaired) electrons. The fraction of sp³-hybridized carbons (Fsp3) is 0.300. The van der Waals surface area contributed by atoms with E-state index in [0.29, 0.717) is 12.2 Å². The number of carbonyl (C=O) groups excluding carboxylic acids is 1. The number of para-hydroxylation sites is 1. The van der Waals surface area contributed by atoms with Crippen LogP contribution in [0.1, 0.15) is 40.6 Å². The van der Waals surface area contributed by atoms with Gasteiger partial charge in [0, 0.05) is 36.8 Å². The van der Waals surface area contributed by atoms with Crippen molar-refractivity contribution in [2.24, 2.45) is 0 Å². The highest BCUT2D eigenvalue weighted by molar-refractivity contribution is 5.95. The van der Waals surface area contributed by atoms with Gasteiger partial charge in [0.25, 0.3) is 5.91 Å². The zero-order chi connectivity index (χ0) is 17.2. The van der Waals surface area contributed by atoms with Crippen LogP contribution < -0.4 is 0 Å². The summed E-state index contributed by atoms with van der Waals surface area (Å²) >= 11 is 0. The molecule has 3 heterocycles. The van der Waals surface area contributed by atoms with Crippen LogP contribution in [0.15, 0.2) is 48.8 Å². The number of hydrogen-bond acceptors (Lipinski definition) is 4. The number of benzene rings is 1. The Bertz CT molecular complexity index is 924. The van der Waals surface area contributed by atoms with Crippen molar-refractivity contribution in [1.29, 1.82) is 0 Å². The summed E-state index contributed by atoms with van der Waals surface area (Å²) in [5.41, 5.74) is 3.25. The zero-order valence-electron chi connectivity index (χ0n) is 14.2. The van der Waals surface area contributed by atoms with Crippen LogP contribution in [-0.2, 0) is 0 Å². The van der Waals surface area contributed by atoms with E-state index < -0.39 is 0 Å². The van der Waals surface area contributed by atoms with E-state index >= 15 is 0 Å². The van der Waals surface area contributed by atoms with Gasteiger partial charge in [-0.3, -0.25) is 14.8 Å². The first-order valence-electron chi connectivity index (χ1n) is 8.64. The second-order valence-corrected chi connectivity index (χ2v) is 6.56. The first-order valence-corrected chi connectivity index (χ1v) is 8.64. The molecule has 1 saturated heterocycles. The molecule has 1 aliphatic rings. The fourth-order valence-corrected chi connectivity index (χ4v) is 3.43. The Balaban J connectivity index is 1.56. The van der Waals surface area contributed by atoms with E-state index in [9.17, 15) is 4.79 Å². The van der Waals surface area contributed by atoms with E-state index in [2.05, 4.69) is 15.0 Å². The Hall–Kier alpha value is -2.82. The number of amides is 1. The molecule has 1 fully saturated rings. The number of hydrogen-bond donors (Lipinski definition) is 0. The molecular formula is C20H20N4O. The normalized spacial score (nSPS) is 17.6. The third-order valence-electron chi connectivity index (χ3n) is 4.72. The van der Waals surface area contributed by atoms with Gasteiger partial charge in [0.2, 0.25) is 0 Å². The molecule has 1 aliphatic heterocycles. The van der Waals surface area contributed by atoms with Gasteiger partial charge in [-0.15, -0.1) is 0 Å². The van der Waals surface area contributed by atoms with Crippen LogP contribution in [0.2, 0.25) is 0 Å². The smallest absolute Gasteiger partial charge is 0.272 e. The van der Waals surface area contributed by atoms with E-state index in [-0.39, 0.29) is 11.8 Å². The topological polar surface area (TPSA) is 59.0 Å². The largest absolute Gasteiger partial charge is 0.337 e. The van der Waals surface area contributed by atoms with E-state index in [1.807, 2.05) is 54.4 Å². The van der Waals surface area contributed by atoms with E-state index in [1.54, 1.807) is 6.20 Å². The lowest BCUT2D eigenvalue weighted by Gasteiger charge is -2.32. The number of nitrogens with zero attached hydrogens (tertiary/aromatic N) is 4. The molecule has 0 N–H and O–H groups in total. The van der Waals surface area contributed by atoms with E-state index in [1.165, 1.54) is 0 Å².